The van der Waals surface area contributed by atoms with E-state index < -0.39 is 18.1 Å². The summed E-state index contributed by atoms with van der Waals surface area (Å²) in [6.07, 6.45) is 1.59. The van der Waals surface area contributed by atoms with E-state index >= 15 is 0 Å². The molecular weight excluding hydrogens is 527 g/mol. The van der Waals surface area contributed by atoms with Gasteiger partial charge in [-0.15, -0.1) is 0 Å². The van der Waals surface area contributed by atoms with Crippen LogP contribution in [0.25, 0.3) is 10.9 Å². The molecule has 4 rings (SSSR count). The van der Waals surface area contributed by atoms with E-state index in [0.717, 1.165) is 55.7 Å². The summed E-state index contributed by atoms with van der Waals surface area (Å²) in [5.41, 5.74) is 2.71. The molecule has 0 saturated carbocycles. The first kappa shape index (κ1) is 30.4. The van der Waals surface area contributed by atoms with Crippen LogP contribution in [0.15, 0.2) is 42.6 Å². The van der Waals surface area contributed by atoms with Crippen molar-refractivity contribution >= 4 is 16.6 Å². The highest BCUT2D eigenvalue weighted by Crippen LogP contribution is 2.28. The lowest BCUT2D eigenvalue weighted by molar-refractivity contribution is -0.140. The molecule has 0 amide bonds. The molecule has 3 heterocycles. The van der Waals surface area contributed by atoms with E-state index in [1.165, 1.54) is 17.4 Å². The molecule has 2 aromatic heterocycles. The molecule has 0 aliphatic carbocycles. The minimum atomic E-state index is -4.36. The molecule has 1 fully saturated rings. The van der Waals surface area contributed by atoms with Crippen molar-refractivity contribution in [1.82, 2.24) is 14.5 Å². The molecule has 0 unspecified atom stereocenters. The summed E-state index contributed by atoms with van der Waals surface area (Å²) in [4.78, 5) is 6.78. The minimum Gasteiger partial charge on any atom is -0.383 e. The summed E-state index contributed by atoms with van der Waals surface area (Å²) < 4.78 is 46.8. The number of pyridine rings is 1. The van der Waals surface area contributed by atoms with Gasteiger partial charge in [0.05, 0.1) is 47.9 Å². The largest absolute Gasteiger partial charge is 0.406 e. The molecule has 0 atom stereocenters. The van der Waals surface area contributed by atoms with Crippen LogP contribution in [0, 0.1) is 29.1 Å². The van der Waals surface area contributed by atoms with E-state index in [2.05, 4.69) is 33.1 Å². The van der Waals surface area contributed by atoms with Gasteiger partial charge in [-0.05, 0) is 100 Å². The standard InChI is InChI=1S/C32H38F3N5O/c1-31(2,22-36)30-11-9-27(21-38-30)37-14-4-5-28-20-26-19-25(8-10-29(26)40(28)23-32(33,34)35)7-6-24-12-15-39(16-13-24)17-18-41-3/h8-11,19-21,24,37H,6-7,12-18,23H2,1-3H3. The zero-order chi connectivity index (χ0) is 29.5. The number of anilines is 1. The van der Waals surface area contributed by atoms with E-state index in [-0.39, 0.29) is 6.54 Å². The molecule has 218 valence electrons. The predicted octanol–water partition coefficient (Wildman–Crippen LogP) is 6.15. The Morgan fingerprint density at radius 2 is 1.90 bits per heavy atom. The zero-order valence-corrected chi connectivity index (χ0v) is 24.0. The van der Waals surface area contributed by atoms with Crippen molar-refractivity contribution < 1.29 is 17.9 Å². The SMILES string of the molecule is COCCN1CCC(CCc2ccc3c(c2)cc(C#CCNc2ccc(C(C)(C)C#N)nc2)n3CC(F)(F)F)CC1. The second-order valence-corrected chi connectivity index (χ2v) is 11.3. The number of likely N-dealkylation sites (tertiary alicyclic amines) is 1. The van der Waals surface area contributed by atoms with Crippen LogP contribution >= 0.6 is 0 Å². The number of piperidine rings is 1. The van der Waals surface area contributed by atoms with Gasteiger partial charge in [-0.25, -0.2) is 0 Å². The van der Waals surface area contributed by atoms with E-state index in [4.69, 9.17) is 4.74 Å². The Kier molecular flexibility index (Phi) is 9.96. The number of nitrogens with one attached hydrogen (secondary N) is 1. The molecule has 1 aliphatic rings. The second-order valence-electron chi connectivity index (χ2n) is 11.3. The first-order valence-electron chi connectivity index (χ1n) is 14.1. The zero-order valence-electron chi connectivity index (χ0n) is 24.0. The summed E-state index contributed by atoms with van der Waals surface area (Å²) in [7, 11) is 1.73. The summed E-state index contributed by atoms with van der Waals surface area (Å²) in [6.45, 7) is 6.66. The number of fused-ring (bicyclic) bond motifs is 1. The van der Waals surface area contributed by atoms with Gasteiger partial charge in [0.2, 0.25) is 0 Å². The van der Waals surface area contributed by atoms with Gasteiger partial charge in [-0.3, -0.25) is 4.98 Å². The maximum Gasteiger partial charge on any atom is 0.406 e. The van der Waals surface area contributed by atoms with Crippen LogP contribution in [0.4, 0.5) is 18.9 Å². The number of hydrogen-bond acceptors (Lipinski definition) is 5. The number of hydrogen-bond donors (Lipinski definition) is 1. The third-order valence-electron chi connectivity index (χ3n) is 7.74. The van der Waals surface area contributed by atoms with E-state index in [9.17, 15) is 18.4 Å². The van der Waals surface area contributed by atoms with Crippen LogP contribution in [-0.4, -0.2) is 60.5 Å². The fraction of sp³-hybridized carbons (Fsp3) is 0.500. The lowest BCUT2D eigenvalue weighted by Gasteiger charge is -2.31. The Labute approximate surface area is 240 Å². The van der Waals surface area contributed by atoms with Crippen LogP contribution in [0.5, 0.6) is 0 Å². The lowest BCUT2D eigenvalue weighted by Crippen LogP contribution is -2.36. The molecule has 1 aliphatic heterocycles. The maximum atomic E-state index is 13.5. The van der Waals surface area contributed by atoms with Crippen molar-refractivity contribution in [1.29, 1.82) is 5.26 Å². The molecule has 41 heavy (non-hydrogen) atoms. The average molecular weight is 566 g/mol. The van der Waals surface area contributed by atoms with Crippen LogP contribution in [-0.2, 0) is 23.1 Å². The number of aryl methyl sites for hydroxylation is 1. The van der Waals surface area contributed by atoms with Crippen molar-refractivity contribution in [2.75, 3.05) is 45.2 Å². The minimum absolute atomic E-state index is 0.242. The van der Waals surface area contributed by atoms with Gasteiger partial charge >= 0.3 is 6.18 Å². The highest BCUT2D eigenvalue weighted by Gasteiger charge is 2.29. The number of halogens is 3. The molecule has 0 radical (unpaired) electrons. The molecule has 0 spiro atoms. The summed E-state index contributed by atoms with van der Waals surface area (Å²) in [5.74, 6) is 6.55. The molecule has 3 aromatic rings. The highest BCUT2D eigenvalue weighted by atomic mass is 19.4. The molecule has 9 heteroatoms. The number of nitrogens with zero attached hydrogens (tertiary/aromatic N) is 4. The van der Waals surface area contributed by atoms with Gasteiger partial charge in [0.25, 0.3) is 0 Å². The number of alkyl halides is 3. The maximum absolute atomic E-state index is 13.5. The predicted molar refractivity (Wildman–Crippen MR) is 156 cm³/mol. The van der Waals surface area contributed by atoms with Crippen molar-refractivity contribution in [2.24, 2.45) is 5.92 Å². The van der Waals surface area contributed by atoms with Crippen LogP contribution in [0.3, 0.4) is 0 Å². The molecule has 6 nitrogen and oxygen atoms in total. The number of methoxy groups -OCH3 is 1. The third kappa shape index (κ3) is 8.48. The Morgan fingerprint density at radius 1 is 1.12 bits per heavy atom. The number of ether oxygens (including phenoxy) is 1. The van der Waals surface area contributed by atoms with Gasteiger partial charge in [0, 0.05) is 24.6 Å². The Morgan fingerprint density at radius 3 is 2.56 bits per heavy atom. The van der Waals surface area contributed by atoms with Gasteiger partial charge in [-0.2, -0.15) is 18.4 Å². The summed E-state index contributed by atoms with van der Waals surface area (Å²) in [6, 6.07) is 13.3. The van der Waals surface area contributed by atoms with Crippen molar-refractivity contribution in [3.63, 3.8) is 0 Å². The fourth-order valence-electron chi connectivity index (χ4n) is 5.23. The average Bonchev–Trinajstić information content (AvgIpc) is 3.28. The fourth-order valence-corrected chi connectivity index (χ4v) is 5.23. The highest BCUT2D eigenvalue weighted by molar-refractivity contribution is 5.83. The lowest BCUT2D eigenvalue weighted by atomic mass is 9.90. The van der Waals surface area contributed by atoms with E-state index in [0.29, 0.717) is 22.8 Å². The van der Waals surface area contributed by atoms with Crippen molar-refractivity contribution in [2.45, 2.75) is 57.7 Å². The monoisotopic (exact) mass is 565 g/mol. The van der Waals surface area contributed by atoms with Crippen LogP contribution in [0.1, 0.15) is 50.1 Å². The smallest absolute Gasteiger partial charge is 0.383 e. The van der Waals surface area contributed by atoms with Gasteiger partial charge in [-0.1, -0.05) is 12.0 Å². The summed E-state index contributed by atoms with van der Waals surface area (Å²) >= 11 is 0. The quantitative estimate of drug-likeness (QED) is 0.299. The third-order valence-corrected chi connectivity index (χ3v) is 7.74. The van der Waals surface area contributed by atoms with Crippen LogP contribution < -0.4 is 5.32 Å². The first-order chi connectivity index (χ1) is 19.6. The van der Waals surface area contributed by atoms with E-state index in [1.807, 2.05) is 18.2 Å². The molecule has 1 N–H and O–H groups in total. The number of nitriles is 1. The number of rotatable bonds is 10. The summed E-state index contributed by atoms with van der Waals surface area (Å²) in [5, 5.41) is 13.2. The normalized spacial score (nSPS) is 15.0. The molecular formula is C32H38F3N5O. The van der Waals surface area contributed by atoms with Crippen LogP contribution in [0.2, 0.25) is 0 Å². The Bertz CT molecular complexity index is 1400. The Hall–Kier alpha value is -3.53. The first-order valence-corrected chi connectivity index (χ1v) is 14.1. The Balaban J connectivity index is 1.41. The molecule has 1 aromatic carbocycles. The number of benzene rings is 1. The van der Waals surface area contributed by atoms with Crippen molar-refractivity contribution in [3.05, 3.63) is 59.5 Å². The van der Waals surface area contributed by atoms with Gasteiger partial charge < -0.3 is 19.5 Å². The topological polar surface area (TPSA) is 66.1 Å². The number of aromatic nitrogens is 2. The van der Waals surface area contributed by atoms with Gasteiger partial charge in [0.1, 0.15) is 6.54 Å². The second kappa shape index (κ2) is 13.4. The molecule has 0 bridgehead atoms. The van der Waals surface area contributed by atoms with Gasteiger partial charge in [0.15, 0.2) is 0 Å². The van der Waals surface area contributed by atoms with E-state index in [1.54, 1.807) is 45.4 Å². The van der Waals surface area contributed by atoms with Crippen molar-refractivity contribution in [3.8, 4) is 17.9 Å². The molecule has 1 saturated heterocycles.